The number of likely N-dealkylation sites (tertiary alicyclic amines) is 1. The monoisotopic (exact) mass is 328 g/mol. The Morgan fingerprint density at radius 1 is 1.29 bits per heavy atom. The molecule has 0 radical (unpaired) electrons. The van der Waals surface area contributed by atoms with Crippen LogP contribution in [0.2, 0.25) is 0 Å². The summed E-state index contributed by atoms with van der Waals surface area (Å²) >= 11 is 0. The number of piperidine rings is 1. The van der Waals surface area contributed by atoms with Crippen LogP contribution < -0.4 is 5.32 Å². The van der Waals surface area contributed by atoms with Crippen LogP contribution >= 0.6 is 0 Å². The number of carbonyl (C=O) groups excluding carboxylic acids is 1. The maximum atomic E-state index is 12.5. The number of aliphatic carboxylic acids is 1. The number of nitrogens with zero attached hydrogens (tertiary/aromatic N) is 3. The third-order valence-corrected chi connectivity index (χ3v) is 4.26. The number of aryl methyl sites for hydroxylation is 1. The Labute approximate surface area is 139 Å². The Kier molecular flexibility index (Phi) is 4.50. The lowest BCUT2D eigenvalue weighted by molar-refractivity contribution is -0.143. The van der Waals surface area contributed by atoms with Crippen molar-refractivity contribution in [2.75, 3.05) is 18.4 Å². The van der Waals surface area contributed by atoms with Gasteiger partial charge in [-0.1, -0.05) is 12.1 Å². The number of carboxylic acids is 1. The minimum absolute atomic E-state index is 0.240. The molecule has 1 aliphatic heterocycles. The van der Waals surface area contributed by atoms with Crippen molar-refractivity contribution in [3.8, 4) is 5.69 Å². The lowest BCUT2D eigenvalue weighted by Gasteiger charge is -2.31. The molecule has 0 saturated carbocycles. The Balaban J connectivity index is 1.78. The van der Waals surface area contributed by atoms with Crippen LogP contribution in [0.5, 0.6) is 0 Å². The van der Waals surface area contributed by atoms with Crippen LogP contribution in [0.3, 0.4) is 0 Å². The maximum Gasteiger partial charge on any atom is 0.321 e. The summed E-state index contributed by atoms with van der Waals surface area (Å²) in [5, 5.41) is 16.3. The first-order valence-corrected chi connectivity index (χ1v) is 7.95. The molecule has 0 spiro atoms. The number of carboxylic acid groups (broad SMARTS) is 1. The summed E-state index contributed by atoms with van der Waals surface area (Å²) in [4.78, 5) is 25.3. The molecule has 2 heterocycles. The predicted molar refractivity (Wildman–Crippen MR) is 89.3 cm³/mol. The molecule has 1 aromatic heterocycles. The first kappa shape index (κ1) is 16.0. The van der Waals surface area contributed by atoms with Gasteiger partial charge in [0.05, 0.1) is 17.3 Å². The molecule has 3 rings (SSSR count). The summed E-state index contributed by atoms with van der Waals surface area (Å²) in [6, 6.07) is 9.03. The van der Waals surface area contributed by atoms with Crippen molar-refractivity contribution in [3.05, 3.63) is 42.2 Å². The molecule has 2 aromatic rings. The zero-order chi connectivity index (χ0) is 17.1. The zero-order valence-corrected chi connectivity index (χ0v) is 13.5. The van der Waals surface area contributed by atoms with Gasteiger partial charge in [0, 0.05) is 25.0 Å². The van der Waals surface area contributed by atoms with Gasteiger partial charge in [-0.15, -0.1) is 0 Å². The summed E-state index contributed by atoms with van der Waals surface area (Å²) in [6.07, 6.45) is 3.02. The molecule has 1 unspecified atom stereocenters. The number of benzene rings is 1. The molecule has 7 heteroatoms. The van der Waals surface area contributed by atoms with Gasteiger partial charge in [-0.05, 0) is 38.0 Å². The van der Waals surface area contributed by atoms with E-state index in [4.69, 9.17) is 5.11 Å². The summed E-state index contributed by atoms with van der Waals surface area (Å²) in [6.45, 7) is 2.75. The lowest BCUT2D eigenvalue weighted by Crippen LogP contribution is -2.44. The average molecular weight is 328 g/mol. The Bertz CT molecular complexity index is 756. The summed E-state index contributed by atoms with van der Waals surface area (Å²) in [5.41, 5.74) is 2.38. The third kappa shape index (κ3) is 3.24. The predicted octanol–water partition coefficient (Wildman–Crippen LogP) is 2.51. The minimum atomic E-state index is -0.847. The molecule has 1 aliphatic rings. The van der Waals surface area contributed by atoms with Gasteiger partial charge < -0.3 is 15.3 Å². The van der Waals surface area contributed by atoms with Crippen molar-refractivity contribution in [1.82, 2.24) is 14.7 Å². The van der Waals surface area contributed by atoms with Crippen molar-refractivity contribution < 1.29 is 14.7 Å². The first-order valence-electron chi connectivity index (χ1n) is 7.95. The van der Waals surface area contributed by atoms with E-state index in [0.717, 1.165) is 11.4 Å². The van der Waals surface area contributed by atoms with E-state index in [1.807, 2.05) is 37.3 Å². The van der Waals surface area contributed by atoms with Crippen LogP contribution in [0.1, 0.15) is 18.5 Å². The van der Waals surface area contributed by atoms with Crippen molar-refractivity contribution >= 4 is 17.7 Å². The Morgan fingerprint density at radius 2 is 2.08 bits per heavy atom. The van der Waals surface area contributed by atoms with Crippen LogP contribution in [0.15, 0.2) is 36.5 Å². The molecule has 0 aliphatic carbocycles. The molecule has 0 bridgehead atoms. The van der Waals surface area contributed by atoms with E-state index in [1.54, 1.807) is 15.8 Å². The molecule has 1 aromatic carbocycles. The van der Waals surface area contributed by atoms with Crippen molar-refractivity contribution in [1.29, 1.82) is 0 Å². The largest absolute Gasteiger partial charge is 0.481 e. The molecule has 1 atom stereocenters. The van der Waals surface area contributed by atoms with Crippen molar-refractivity contribution in [2.45, 2.75) is 19.8 Å². The molecular formula is C17H20N4O3. The van der Waals surface area contributed by atoms with E-state index < -0.39 is 11.9 Å². The Morgan fingerprint density at radius 3 is 2.79 bits per heavy atom. The van der Waals surface area contributed by atoms with E-state index in [9.17, 15) is 9.59 Å². The quantitative estimate of drug-likeness (QED) is 0.906. The second-order valence-corrected chi connectivity index (χ2v) is 5.96. The SMILES string of the molecule is Cc1ccnn1-c1ccccc1NC(=O)N1CCCC(C(=O)O)C1. The number of carbonyl (C=O) groups is 2. The molecule has 7 nitrogen and oxygen atoms in total. The smallest absolute Gasteiger partial charge is 0.321 e. The van der Waals surface area contributed by atoms with Gasteiger partial charge in [0.25, 0.3) is 0 Å². The number of urea groups is 1. The molecule has 2 amide bonds. The van der Waals surface area contributed by atoms with Crippen LogP contribution in [-0.2, 0) is 4.79 Å². The van der Waals surface area contributed by atoms with Gasteiger partial charge in [-0.25, -0.2) is 9.48 Å². The first-order chi connectivity index (χ1) is 11.6. The second kappa shape index (κ2) is 6.74. The fourth-order valence-corrected chi connectivity index (χ4v) is 2.94. The molecule has 126 valence electrons. The standard InChI is InChI=1S/C17H20N4O3/c1-12-8-9-18-21(12)15-7-3-2-6-14(15)19-17(24)20-10-4-5-13(11-20)16(22)23/h2-3,6-9,13H,4-5,10-11H2,1H3,(H,19,24)(H,22,23). The van der Waals surface area contributed by atoms with Gasteiger partial charge in [0.2, 0.25) is 0 Å². The zero-order valence-electron chi connectivity index (χ0n) is 13.5. The molecule has 1 saturated heterocycles. The van der Waals surface area contributed by atoms with Crippen LogP contribution in [-0.4, -0.2) is 44.9 Å². The van der Waals surface area contributed by atoms with E-state index in [0.29, 0.717) is 25.1 Å². The number of nitrogens with one attached hydrogen (secondary N) is 1. The van der Waals surface area contributed by atoms with E-state index in [-0.39, 0.29) is 12.6 Å². The van der Waals surface area contributed by atoms with Gasteiger partial charge in [-0.2, -0.15) is 5.10 Å². The summed E-state index contributed by atoms with van der Waals surface area (Å²) in [5.74, 6) is -1.34. The number of anilines is 1. The Hall–Kier alpha value is -2.83. The fraction of sp³-hybridized carbons (Fsp3) is 0.353. The number of aromatic nitrogens is 2. The highest BCUT2D eigenvalue weighted by molar-refractivity contribution is 5.92. The third-order valence-electron chi connectivity index (χ3n) is 4.26. The van der Waals surface area contributed by atoms with Gasteiger partial charge in [-0.3, -0.25) is 4.79 Å². The van der Waals surface area contributed by atoms with Gasteiger partial charge >= 0.3 is 12.0 Å². The highest BCUT2D eigenvalue weighted by atomic mass is 16.4. The van der Waals surface area contributed by atoms with E-state index in [1.165, 1.54) is 0 Å². The summed E-state index contributed by atoms with van der Waals surface area (Å²) < 4.78 is 1.76. The number of para-hydroxylation sites is 2. The van der Waals surface area contributed by atoms with Gasteiger partial charge in [0.1, 0.15) is 0 Å². The molecule has 1 fully saturated rings. The maximum absolute atomic E-state index is 12.5. The van der Waals surface area contributed by atoms with Crippen LogP contribution in [0, 0.1) is 12.8 Å². The topological polar surface area (TPSA) is 87.5 Å². The van der Waals surface area contributed by atoms with Crippen molar-refractivity contribution in [3.63, 3.8) is 0 Å². The molecule has 24 heavy (non-hydrogen) atoms. The number of hydrogen-bond donors (Lipinski definition) is 2. The highest BCUT2D eigenvalue weighted by Gasteiger charge is 2.28. The fourth-order valence-electron chi connectivity index (χ4n) is 2.94. The van der Waals surface area contributed by atoms with E-state index in [2.05, 4.69) is 10.4 Å². The van der Waals surface area contributed by atoms with Crippen LogP contribution in [0.25, 0.3) is 5.69 Å². The molecule has 2 N–H and O–H groups in total. The number of rotatable bonds is 3. The van der Waals surface area contributed by atoms with Gasteiger partial charge in [0.15, 0.2) is 0 Å². The normalized spacial score (nSPS) is 17.5. The number of amides is 2. The second-order valence-electron chi connectivity index (χ2n) is 5.96. The highest BCUT2D eigenvalue weighted by Crippen LogP contribution is 2.22. The number of hydrogen-bond acceptors (Lipinski definition) is 3. The summed E-state index contributed by atoms with van der Waals surface area (Å²) in [7, 11) is 0. The minimum Gasteiger partial charge on any atom is -0.481 e. The van der Waals surface area contributed by atoms with E-state index >= 15 is 0 Å². The lowest BCUT2D eigenvalue weighted by atomic mass is 9.99. The average Bonchev–Trinajstić information content (AvgIpc) is 3.01. The molecular weight excluding hydrogens is 308 g/mol. The van der Waals surface area contributed by atoms with Crippen molar-refractivity contribution in [2.24, 2.45) is 5.92 Å². The van der Waals surface area contributed by atoms with Crippen LogP contribution in [0.4, 0.5) is 10.5 Å².